The number of halogens is 2. The third-order valence-electron chi connectivity index (χ3n) is 4.04. The minimum atomic E-state index is 0. The molecule has 2 atom stereocenters. The Hall–Kier alpha value is -0.290. The molecule has 1 aromatic heterocycles. The highest BCUT2D eigenvalue weighted by Gasteiger charge is 2.35. The van der Waals surface area contributed by atoms with Crippen LogP contribution in [0.25, 0.3) is 0 Å². The molecule has 0 aromatic carbocycles. The van der Waals surface area contributed by atoms with Crippen LogP contribution in [0, 0.1) is 12.8 Å². The number of nitrogens with one attached hydrogen (secondary N) is 1. The summed E-state index contributed by atoms with van der Waals surface area (Å²) in [5, 5.41) is 6.11. The summed E-state index contributed by atoms with van der Waals surface area (Å²) in [6.07, 6.45) is 2.25. The SMILES string of the molecule is Cc1csc(C(=O)N2CCC3NCCC3C2)c1Cl.Cl. The number of likely N-dealkylation sites (tertiary alicyclic amines) is 1. The molecule has 1 aromatic rings. The third kappa shape index (κ3) is 2.77. The van der Waals surface area contributed by atoms with E-state index in [-0.39, 0.29) is 18.3 Å². The molecule has 2 aliphatic rings. The molecule has 2 saturated heterocycles. The molecule has 0 saturated carbocycles. The van der Waals surface area contributed by atoms with Gasteiger partial charge >= 0.3 is 0 Å². The monoisotopic (exact) mass is 320 g/mol. The first-order chi connectivity index (χ1) is 8.66. The van der Waals surface area contributed by atoms with Crippen molar-refractivity contribution in [3.8, 4) is 0 Å². The molecule has 2 fully saturated rings. The maximum atomic E-state index is 12.5. The Morgan fingerprint density at radius 3 is 3.00 bits per heavy atom. The molecule has 0 spiro atoms. The van der Waals surface area contributed by atoms with Crippen molar-refractivity contribution in [3.63, 3.8) is 0 Å². The summed E-state index contributed by atoms with van der Waals surface area (Å²) in [5.41, 5.74) is 1.00. The van der Waals surface area contributed by atoms with Gasteiger partial charge in [-0.3, -0.25) is 4.79 Å². The molecular formula is C13H18Cl2N2OS. The van der Waals surface area contributed by atoms with Crippen molar-refractivity contribution in [1.29, 1.82) is 0 Å². The number of hydrogen-bond acceptors (Lipinski definition) is 3. The number of carbonyl (C=O) groups excluding carboxylic acids is 1. The zero-order valence-corrected chi connectivity index (χ0v) is 13.2. The number of fused-ring (bicyclic) bond motifs is 1. The predicted octanol–water partition coefficient (Wildman–Crippen LogP) is 2.96. The standard InChI is InChI=1S/C13H17ClN2OS.ClH/c1-8-7-18-12(11(8)14)13(17)16-5-3-10-9(6-16)2-4-15-10;/h7,9-10,15H,2-6H2,1H3;1H. The number of thiophene rings is 1. The van der Waals surface area contributed by atoms with Crippen molar-refractivity contribution < 1.29 is 4.79 Å². The Labute approximate surface area is 128 Å². The lowest BCUT2D eigenvalue weighted by atomic mass is 9.93. The van der Waals surface area contributed by atoms with Crippen molar-refractivity contribution in [3.05, 3.63) is 20.8 Å². The molecule has 0 bridgehead atoms. The van der Waals surface area contributed by atoms with Gasteiger partial charge in [0.15, 0.2) is 0 Å². The van der Waals surface area contributed by atoms with Crippen LogP contribution in [0.4, 0.5) is 0 Å². The van der Waals surface area contributed by atoms with Crippen molar-refractivity contribution in [2.24, 2.45) is 5.92 Å². The van der Waals surface area contributed by atoms with Crippen LogP contribution in [-0.2, 0) is 0 Å². The first-order valence-electron chi connectivity index (χ1n) is 6.43. The Kier molecular flexibility index (Phi) is 4.77. The number of nitrogens with zero attached hydrogens (tertiary/aromatic N) is 1. The van der Waals surface area contributed by atoms with Crippen molar-refractivity contribution in [1.82, 2.24) is 10.2 Å². The lowest BCUT2D eigenvalue weighted by Crippen LogP contribution is -2.46. The lowest BCUT2D eigenvalue weighted by molar-refractivity contribution is 0.0667. The Morgan fingerprint density at radius 2 is 2.32 bits per heavy atom. The summed E-state index contributed by atoms with van der Waals surface area (Å²) < 4.78 is 0. The summed E-state index contributed by atoms with van der Waals surface area (Å²) in [7, 11) is 0. The molecule has 3 heterocycles. The van der Waals surface area contributed by atoms with Crippen LogP contribution in [0.1, 0.15) is 28.1 Å². The van der Waals surface area contributed by atoms with Crippen LogP contribution in [0.3, 0.4) is 0 Å². The van der Waals surface area contributed by atoms with Gasteiger partial charge in [-0.15, -0.1) is 23.7 Å². The topological polar surface area (TPSA) is 32.3 Å². The normalized spacial score (nSPS) is 25.9. The summed E-state index contributed by atoms with van der Waals surface area (Å²) >= 11 is 7.65. The fourth-order valence-electron chi connectivity index (χ4n) is 2.95. The molecule has 1 amide bonds. The Bertz CT molecular complexity index is 477. The van der Waals surface area contributed by atoms with E-state index >= 15 is 0 Å². The summed E-state index contributed by atoms with van der Waals surface area (Å²) in [5.74, 6) is 0.742. The van der Waals surface area contributed by atoms with Crippen LogP contribution in [0.15, 0.2) is 5.38 Å². The number of aryl methyl sites for hydroxylation is 1. The Morgan fingerprint density at radius 1 is 1.53 bits per heavy atom. The smallest absolute Gasteiger partial charge is 0.265 e. The number of rotatable bonds is 1. The highest BCUT2D eigenvalue weighted by molar-refractivity contribution is 7.13. The second kappa shape index (κ2) is 6.00. The largest absolute Gasteiger partial charge is 0.338 e. The fraction of sp³-hybridized carbons (Fsp3) is 0.615. The minimum absolute atomic E-state index is 0. The highest BCUT2D eigenvalue weighted by Crippen LogP contribution is 2.31. The molecule has 106 valence electrons. The van der Waals surface area contributed by atoms with Gasteiger partial charge in [0.1, 0.15) is 4.88 Å². The zero-order valence-electron chi connectivity index (χ0n) is 10.8. The molecule has 19 heavy (non-hydrogen) atoms. The number of carbonyl (C=O) groups is 1. The quantitative estimate of drug-likeness (QED) is 0.862. The van der Waals surface area contributed by atoms with Crippen molar-refractivity contribution >= 4 is 41.3 Å². The highest BCUT2D eigenvalue weighted by atomic mass is 35.5. The van der Waals surface area contributed by atoms with Gasteiger partial charge in [-0.1, -0.05) is 11.6 Å². The van der Waals surface area contributed by atoms with E-state index in [4.69, 9.17) is 11.6 Å². The van der Waals surface area contributed by atoms with Crippen LogP contribution in [0.5, 0.6) is 0 Å². The van der Waals surface area contributed by atoms with Gasteiger partial charge in [-0.2, -0.15) is 0 Å². The third-order valence-corrected chi connectivity index (χ3v) is 5.72. The second-order valence-electron chi connectivity index (χ2n) is 5.21. The van der Waals surface area contributed by atoms with E-state index < -0.39 is 0 Å². The molecule has 6 heteroatoms. The van der Waals surface area contributed by atoms with Gasteiger partial charge in [0.05, 0.1) is 5.02 Å². The average molecular weight is 321 g/mol. The van der Waals surface area contributed by atoms with Crippen LogP contribution in [-0.4, -0.2) is 36.5 Å². The van der Waals surface area contributed by atoms with Gasteiger partial charge in [0, 0.05) is 19.1 Å². The van der Waals surface area contributed by atoms with E-state index in [1.165, 1.54) is 17.8 Å². The van der Waals surface area contributed by atoms with Crippen molar-refractivity contribution in [2.75, 3.05) is 19.6 Å². The fourth-order valence-corrected chi connectivity index (χ4v) is 4.19. The predicted molar refractivity (Wildman–Crippen MR) is 81.7 cm³/mol. The van der Waals surface area contributed by atoms with E-state index in [0.29, 0.717) is 21.9 Å². The van der Waals surface area contributed by atoms with Gasteiger partial charge in [-0.25, -0.2) is 0 Å². The van der Waals surface area contributed by atoms with E-state index in [2.05, 4.69) is 5.32 Å². The van der Waals surface area contributed by atoms with Crippen LogP contribution in [0.2, 0.25) is 5.02 Å². The Balaban J connectivity index is 0.00000133. The molecule has 1 N–H and O–H groups in total. The van der Waals surface area contributed by atoms with Gasteiger partial charge in [0.25, 0.3) is 5.91 Å². The summed E-state index contributed by atoms with van der Waals surface area (Å²) in [6.45, 7) is 4.77. The molecule has 0 radical (unpaired) electrons. The van der Waals surface area contributed by atoms with E-state index in [1.807, 2.05) is 17.2 Å². The number of piperidine rings is 1. The van der Waals surface area contributed by atoms with E-state index in [9.17, 15) is 4.79 Å². The molecule has 2 aliphatic heterocycles. The van der Waals surface area contributed by atoms with Crippen LogP contribution < -0.4 is 5.32 Å². The summed E-state index contributed by atoms with van der Waals surface area (Å²) in [4.78, 5) is 15.1. The van der Waals surface area contributed by atoms with Gasteiger partial charge in [0.2, 0.25) is 0 Å². The molecule has 2 unspecified atom stereocenters. The maximum absolute atomic E-state index is 12.5. The molecule has 3 nitrogen and oxygen atoms in total. The summed E-state index contributed by atoms with van der Waals surface area (Å²) in [6, 6.07) is 0.620. The molecular weight excluding hydrogens is 303 g/mol. The van der Waals surface area contributed by atoms with E-state index in [0.717, 1.165) is 31.6 Å². The maximum Gasteiger partial charge on any atom is 0.265 e. The molecule has 3 rings (SSSR count). The second-order valence-corrected chi connectivity index (χ2v) is 6.47. The zero-order chi connectivity index (χ0) is 12.7. The van der Waals surface area contributed by atoms with Crippen molar-refractivity contribution in [2.45, 2.75) is 25.8 Å². The number of hydrogen-bond donors (Lipinski definition) is 1. The molecule has 0 aliphatic carbocycles. The average Bonchev–Trinajstić information content (AvgIpc) is 2.96. The number of amides is 1. The van der Waals surface area contributed by atoms with Crippen LogP contribution >= 0.6 is 35.3 Å². The first kappa shape index (κ1) is 15.1. The van der Waals surface area contributed by atoms with Gasteiger partial charge in [-0.05, 0) is 43.2 Å². The first-order valence-corrected chi connectivity index (χ1v) is 7.69. The van der Waals surface area contributed by atoms with Gasteiger partial charge < -0.3 is 10.2 Å². The minimum Gasteiger partial charge on any atom is -0.338 e. The van der Waals surface area contributed by atoms with E-state index in [1.54, 1.807) is 0 Å². The lowest BCUT2D eigenvalue weighted by Gasteiger charge is -2.34.